The number of hydrogen-bond donors (Lipinski definition) is 1. The molecule has 0 saturated carbocycles. The van der Waals surface area contributed by atoms with Gasteiger partial charge in [0.05, 0.1) is 6.42 Å². The number of aliphatic carboxylic acids is 1. The maximum atomic E-state index is 10.1. The highest BCUT2D eigenvalue weighted by Crippen LogP contribution is 1.96. The van der Waals surface area contributed by atoms with E-state index in [9.17, 15) is 4.79 Å². The smallest absolute Gasteiger partial charge is 0.304 e. The van der Waals surface area contributed by atoms with Crippen molar-refractivity contribution in [1.29, 1.82) is 0 Å². The van der Waals surface area contributed by atoms with Crippen LogP contribution in [0.2, 0.25) is 0 Å². The van der Waals surface area contributed by atoms with Crippen LogP contribution in [-0.4, -0.2) is 36.1 Å². The molecule has 3 nitrogen and oxygen atoms in total. The minimum Gasteiger partial charge on any atom is -0.481 e. The Balaban J connectivity index is 3.50. The predicted octanol–water partition coefficient (Wildman–Crippen LogP) is 0.411. The number of carboxylic acids is 1. The fourth-order valence-electron chi connectivity index (χ4n) is 0.435. The lowest BCUT2D eigenvalue weighted by Gasteiger charge is -2.16. The first-order valence-corrected chi connectivity index (χ1v) is 2.92. The van der Waals surface area contributed by atoms with Crippen molar-refractivity contribution in [3.8, 4) is 0 Å². The predicted molar refractivity (Wildman–Crippen MR) is 35.4 cm³/mol. The molecule has 0 aliphatic rings. The van der Waals surface area contributed by atoms with Crippen LogP contribution in [0.3, 0.4) is 0 Å². The highest BCUT2D eigenvalue weighted by molar-refractivity contribution is 5.67. The average Bonchev–Trinajstić information content (AvgIpc) is 1.63. The second-order valence-corrected chi connectivity index (χ2v) is 2.41. The van der Waals surface area contributed by atoms with E-state index >= 15 is 0 Å². The Morgan fingerprint density at radius 3 is 2.22 bits per heavy atom. The number of hydrogen-bond acceptors (Lipinski definition) is 2. The van der Waals surface area contributed by atoms with E-state index in [-0.39, 0.29) is 12.5 Å². The molecule has 0 aromatic carbocycles. The number of carboxylic acid groups (broad SMARTS) is 1. The lowest BCUT2D eigenvalue weighted by Crippen LogP contribution is -2.26. The molecule has 9 heavy (non-hydrogen) atoms. The standard InChI is InChI=1S/C6H13NO2/c1-5(7(2)3)4-6(8)9/h5H,4H2,1-3H3,(H,8,9)/t5-/m0/s1. The Morgan fingerprint density at radius 2 is 2.11 bits per heavy atom. The fourth-order valence-corrected chi connectivity index (χ4v) is 0.435. The van der Waals surface area contributed by atoms with E-state index in [4.69, 9.17) is 5.11 Å². The summed E-state index contributed by atoms with van der Waals surface area (Å²) < 4.78 is 0. The number of nitrogens with zero attached hydrogens (tertiary/aromatic N) is 1. The van der Waals surface area contributed by atoms with Gasteiger partial charge in [-0.15, -0.1) is 0 Å². The highest BCUT2D eigenvalue weighted by Gasteiger charge is 2.07. The molecule has 0 fully saturated rings. The van der Waals surface area contributed by atoms with Gasteiger partial charge < -0.3 is 10.0 Å². The maximum Gasteiger partial charge on any atom is 0.304 e. The van der Waals surface area contributed by atoms with E-state index in [1.807, 2.05) is 25.9 Å². The van der Waals surface area contributed by atoms with Gasteiger partial charge >= 0.3 is 5.97 Å². The Bertz CT molecular complexity index is 101. The SMILES string of the molecule is C[C@@H](CC(=O)O)N(C)C. The monoisotopic (exact) mass is 131 g/mol. The van der Waals surface area contributed by atoms with Crippen molar-refractivity contribution in [3.05, 3.63) is 0 Å². The first-order valence-electron chi connectivity index (χ1n) is 2.92. The van der Waals surface area contributed by atoms with Gasteiger partial charge in [-0.2, -0.15) is 0 Å². The van der Waals surface area contributed by atoms with Crippen molar-refractivity contribution in [2.75, 3.05) is 14.1 Å². The van der Waals surface area contributed by atoms with Crippen molar-refractivity contribution < 1.29 is 9.90 Å². The van der Waals surface area contributed by atoms with Gasteiger partial charge in [0, 0.05) is 6.04 Å². The summed E-state index contributed by atoms with van der Waals surface area (Å²) in [4.78, 5) is 12.0. The molecular weight excluding hydrogens is 118 g/mol. The van der Waals surface area contributed by atoms with Gasteiger partial charge in [0.15, 0.2) is 0 Å². The number of rotatable bonds is 3. The molecule has 0 saturated heterocycles. The summed E-state index contributed by atoms with van der Waals surface area (Å²) in [7, 11) is 3.74. The molecule has 0 rings (SSSR count). The molecule has 54 valence electrons. The van der Waals surface area contributed by atoms with Crippen molar-refractivity contribution >= 4 is 5.97 Å². The fraction of sp³-hybridized carbons (Fsp3) is 0.833. The molecule has 1 atom stereocenters. The Kier molecular flexibility index (Phi) is 3.24. The molecule has 0 bridgehead atoms. The molecule has 0 spiro atoms. The Labute approximate surface area is 55.3 Å². The summed E-state index contributed by atoms with van der Waals surface area (Å²) in [6.07, 6.45) is 0.215. The van der Waals surface area contributed by atoms with Crippen LogP contribution in [0.25, 0.3) is 0 Å². The van der Waals surface area contributed by atoms with Gasteiger partial charge in [0.2, 0.25) is 0 Å². The van der Waals surface area contributed by atoms with E-state index in [1.165, 1.54) is 0 Å². The zero-order valence-corrected chi connectivity index (χ0v) is 6.09. The maximum absolute atomic E-state index is 10.1. The third-order valence-corrected chi connectivity index (χ3v) is 1.35. The first kappa shape index (κ1) is 8.43. The van der Waals surface area contributed by atoms with Crippen molar-refractivity contribution in [1.82, 2.24) is 4.90 Å². The summed E-state index contributed by atoms with van der Waals surface area (Å²) in [6, 6.07) is 0.127. The topological polar surface area (TPSA) is 40.5 Å². The van der Waals surface area contributed by atoms with Crippen LogP contribution in [0.15, 0.2) is 0 Å². The molecule has 0 unspecified atom stereocenters. The van der Waals surface area contributed by atoms with Crippen LogP contribution in [0.5, 0.6) is 0 Å². The van der Waals surface area contributed by atoms with Crippen molar-refractivity contribution in [3.63, 3.8) is 0 Å². The van der Waals surface area contributed by atoms with Crippen molar-refractivity contribution in [2.45, 2.75) is 19.4 Å². The van der Waals surface area contributed by atoms with Crippen LogP contribution in [0, 0.1) is 0 Å². The third kappa shape index (κ3) is 3.97. The Hall–Kier alpha value is -0.570. The quantitative estimate of drug-likeness (QED) is 0.603. The van der Waals surface area contributed by atoms with Crippen molar-refractivity contribution in [2.24, 2.45) is 0 Å². The zero-order valence-electron chi connectivity index (χ0n) is 6.09. The zero-order chi connectivity index (χ0) is 7.44. The van der Waals surface area contributed by atoms with Gasteiger partial charge in [0.25, 0.3) is 0 Å². The van der Waals surface area contributed by atoms with E-state index in [0.717, 1.165) is 0 Å². The molecule has 1 N–H and O–H groups in total. The van der Waals surface area contributed by atoms with Crippen LogP contribution in [0.4, 0.5) is 0 Å². The van der Waals surface area contributed by atoms with Crippen LogP contribution in [-0.2, 0) is 4.79 Å². The molecule has 0 radical (unpaired) electrons. The summed E-state index contributed by atoms with van der Waals surface area (Å²) >= 11 is 0. The molecule has 0 aromatic rings. The third-order valence-electron chi connectivity index (χ3n) is 1.35. The van der Waals surface area contributed by atoms with E-state index in [0.29, 0.717) is 0 Å². The van der Waals surface area contributed by atoms with Crippen LogP contribution in [0.1, 0.15) is 13.3 Å². The van der Waals surface area contributed by atoms with Gasteiger partial charge in [-0.05, 0) is 21.0 Å². The number of carbonyl (C=O) groups is 1. The summed E-state index contributed by atoms with van der Waals surface area (Å²) in [5, 5.41) is 8.31. The van der Waals surface area contributed by atoms with Gasteiger partial charge in [-0.3, -0.25) is 4.79 Å². The molecular formula is C6H13NO2. The molecule has 0 aliphatic heterocycles. The molecule has 0 heterocycles. The molecule has 0 aliphatic carbocycles. The van der Waals surface area contributed by atoms with E-state index in [1.54, 1.807) is 0 Å². The van der Waals surface area contributed by atoms with E-state index < -0.39 is 5.97 Å². The van der Waals surface area contributed by atoms with Gasteiger partial charge in [-0.1, -0.05) is 0 Å². The first-order chi connectivity index (χ1) is 4.04. The average molecular weight is 131 g/mol. The highest BCUT2D eigenvalue weighted by atomic mass is 16.4. The normalized spacial score (nSPS) is 13.8. The van der Waals surface area contributed by atoms with Crippen LogP contribution < -0.4 is 0 Å². The largest absolute Gasteiger partial charge is 0.481 e. The Morgan fingerprint density at radius 1 is 1.67 bits per heavy atom. The molecule has 3 heteroatoms. The van der Waals surface area contributed by atoms with Crippen LogP contribution >= 0.6 is 0 Å². The second kappa shape index (κ2) is 3.45. The molecule has 0 amide bonds. The van der Waals surface area contributed by atoms with Gasteiger partial charge in [0.1, 0.15) is 0 Å². The minimum atomic E-state index is -0.740. The summed E-state index contributed by atoms with van der Waals surface area (Å²) in [6.45, 7) is 1.88. The summed E-state index contributed by atoms with van der Waals surface area (Å²) in [5.41, 5.74) is 0. The molecule has 0 aromatic heterocycles. The minimum absolute atomic E-state index is 0.127. The summed E-state index contributed by atoms with van der Waals surface area (Å²) in [5.74, 6) is -0.740. The van der Waals surface area contributed by atoms with Gasteiger partial charge in [-0.25, -0.2) is 0 Å². The second-order valence-electron chi connectivity index (χ2n) is 2.41. The lowest BCUT2D eigenvalue weighted by atomic mass is 10.2. The van der Waals surface area contributed by atoms with E-state index in [2.05, 4.69) is 0 Å². The lowest BCUT2D eigenvalue weighted by molar-refractivity contribution is -0.138.